The molecule has 2 heterocycles. The van der Waals surface area contributed by atoms with Crippen molar-refractivity contribution in [2.24, 2.45) is 11.8 Å². The van der Waals surface area contributed by atoms with Crippen LogP contribution in [0.4, 0.5) is 11.5 Å². The average molecular weight is 394 g/mol. The minimum atomic E-state index is -0.529. The molecule has 0 aliphatic carbocycles. The molecule has 28 heavy (non-hydrogen) atoms. The standard InChI is InChI=1S/C20H35N5O3/c1-5-6-9-24(13-16(26)23-10-7-8-15(4)12-23)17-18(21)25(11-14(2)3)20(28)22-19(17)27/h14-15H,5-13,21H2,1-4H3,(H,22,27,28). The van der Waals surface area contributed by atoms with Crippen LogP contribution in [0.15, 0.2) is 9.59 Å². The Bertz CT molecular complexity index is 783. The molecule has 1 aromatic rings. The van der Waals surface area contributed by atoms with Gasteiger partial charge in [0.2, 0.25) is 5.91 Å². The maximum atomic E-state index is 12.9. The lowest BCUT2D eigenvalue weighted by Crippen LogP contribution is -2.47. The van der Waals surface area contributed by atoms with E-state index in [1.807, 2.05) is 18.7 Å². The second-order valence-corrected chi connectivity index (χ2v) is 8.36. The monoisotopic (exact) mass is 393 g/mol. The fraction of sp³-hybridized carbons (Fsp3) is 0.750. The number of amides is 1. The van der Waals surface area contributed by atoms with Gasteiger partial charge in [-0.3, -0.25) is 19.1 Å². The molecule has 1 aliphatic rings. The smallest absolute Gasteiger partial charge is 0.330 e. The van der Waals surface area contributed by atoms with E-state index >= 15 is 0 Å². The molecule has 1 saturated heterocycles. The van der Waals surface area contributed by atoms with Crippen LogP contribution >= 0.6 is 0 Å². The number of rotatable bonds is 8. The van der Waals surface area contributed by atoms with Crippen molar-refractivity contribution < 1.29 is 4.79 Å². The summed E-state index contributed by atoms with van der Waals surface area (Å²) in [7, 11) is 0. The Morgan fingerprint density at radius 1 is 1.36 bits per heavy atom. The number of unbranched alkanes of at least 4 members (excludes halogenated alkanes) is 1. The van der Waals surface area contributed by atoms with Gasteiger partial charge >= 0.3 is 5.69 Å². The number of nitrogen functional groups attached to an aromatic ring is 1. The zero-order valence-electron chi connectivity index (χ0n) is 17.7. The first-order chi connectivity index (χ1) is 13.2. The number of carbonyl (C=O) groups is 1. The Balaban J connectivity index is 2.35. The molecule has 0 radical (unpaired) electrons. The molecule has 8 nitrogen and oxygen atoms in total. The van der Waals surface area contributed by atoms with Crippen LogP contribution < -0.4 is 21.9 Å². The number of carbonyl (C=O) groups excluding carboxylic acids is 1. The number of nitrogens with zero attached hydrogens (tertiary/aromatic N) is 3. The van der Waals surface area contributed by atoms with E-state index in [9.17, 15) is 14.4 Å². The molecule has 1 aliphatic heterocycles. The Labute approximate surface area is 166 Å². The van der Waals surface area contributed by atoms with Gasteiger partial charge in [-0.1, -0.05) is 34.1 Å². The normalized spacial score (nSPS) is 17.2. The summed E-state index contributed by atoms with van der Waals surface area (Å²) in [5.74, 6) is 0.823. The number of nitrogens with two attached hydrogens (primary N) is 1. The maximum Gasteiger partial charge on any atom is 0.330 e. The molecule has 158 valence electrons. The second-order valence-electron chi connectivity index (χ2n) is 8.36. The largest absolute Gasteiger partial charge is 0.383 e. The van der Waals surface area contributed by atoms with Crippen LogP contribution in [0.5, 0.6) is 0 Å². The van der Waals surface area contributed by atoms with Gasteiger partial charge in [-0.15, -0.1) is 0 Å². The third-order valence-corrected chi connectivity index (χ3v) is 5.20. The zero-order chi connectivity index (χ0) is 20.8. The summed E-state index contributed by atoms with van der Waals surface area (Å²) < 4.78 is 1.40. The third kappa shape index (κ3) is 5.39. The van der Waals surface area contributed by atoms with Crippen molar-refractivity contribution in [2.45, 2.75) is 59.9 Å². The molecule has 1 aromatic heterocycles. The average Bonchev–Trinajstić information content (AvgIpc) is 2.62. The van der Waals surface area contributed by atoms with Gasteiger partial charge in [0.25, 0.3) is 5.56 Å². The number of anilines is 2. The molecule has 0 aromatic carbocycles. The number of aromatic nitrogens is 2. The first-order valence-electron chi connectivity index (χ1n) is 10.4. The highest BCUT2D eigenvalue weighted by Crippen LogP contribution is 2.20. The van der Waals surface area contributed by atoms with E-state index in [1.54, 1.807) is 4.90 Å². The fourth-order valence-electron chi connectivity index (χ4n) is 3.73. The summed E-state index contributed by atoms with van der Waals surface area (Å²) >= 11 is 0. The summed E-state index contributed by atoms with van der Waals surface area (Å²) in [4.78, 5) is 43.7. The predicted molar refractivity (Wildman–Crippen MR) is 113 cm³/mol. The van der Waals surface area contributed by atoms with Gasteiger partial charge in [0.1, 0.15) is 11.5 Å². The molecule has 1 fully saturated rings. The van der Waals surface area contributed by atoms with E-state index in [4.69, 9.17) is 5.73 Å². The first-order valence-corrected chi connectivity index (χ1v) is 10.4. The summed E-state index contributed by atoms with van der Waals surface area (Å²) in [5, 5.41) is 0. The summed E-state index contributed by atoms with van der Waals surface area (Å²) in [5.41, 5.74) is 5.45. The molecule has 1 unspecified atom stereocenters. The summed E-state index contributed by atoms with van der Waals surface area (Å²) in [6.07, 6.45) is 3.89. The number of piperidine rings is 1. The van der Waals surface area contributed by atoms with Crippen molar-refractivity contribution in [3.05, 3.63) is 20.8 Å². The molecule has 1 atom stereocenters. The van der Waals surface area contributed by atoms with E-state index in [0.717, 1.165) is 38.8 Å². The first kappa shape index (κ1) is 22.0. The van der Waals surface area contributed by atoms with Crippen LogP contribution in [0.1, 0.15) is 53.4 Å². The lowest BCUT2D eigenvalue weighted by atomic mass is 10.0. The number of hydrogen-bond donors (Lipinski definition) is 2. The van der Waals surface area contributed by atoms with Crippen LogP contribution in [-0.4, -0.2) is 46.5 Å². The lowest BCUT2D eigenvalue weighted by molar-refractivity contribution is -0.131. The van der Waals surface area contributed by atoms with Crippen molar-refractivity contribution >= 4 is 17.4 Å². The quantitative estimate of drug-likeness (QED) is 0.699. The zero-order valence-corrected chi connectivity index (χ0v) is 17.7. The van der Waals surface area contributed by atoms with Gasteiger partial charge in [-0.25, -0.2) is 4.79 Å². The van der Waals surface area contributed by atoms with E-state index in [-0.39, 0.29) is 29.9 Å². The highest BCUT2D eigenvalue weighted by atomic mass is 16.2. The predicted octanol–water partition coefficient (Wildman–Crippen LogP) is 1.64. The maximum absolute atomic E-state index is 12.9. The number of likely N-dealkylation sites (tertiary alicyclic amines) is 1. The van der Waals surface area contributed by atoms with Crippen molar-refractivity contribution in [1.29, 1.82) is 0 Å². The van der Waals surface area contributed by atoms with Crippen LogP contribution in [0.3, 0.4) is 0 Å². The Kier molecular flexibility index (Phi) is 7.71. The van der Waals surface area contributed by atoms with E-state index in [0.29, 0.717) is 19.0 Å². The number of H-pyrrole nitrogens is 1. The van der Waals surface area contributed by atoms with E-state index < -0.39 is 11.2 Å². The highest BCUT2D eigenvalue weighted by Gasteiger charge is 2.25. The summed E-state index contributed by atoms with van der Waals surface area (Å²) in [6.45, 7) is 10.7. The minimum Gasteiger partial charge on any atom is -0.383 e. The van der Waals surface area contributed by atoms with Crippen molar-refractivity contribution in [3.8, 4) is 0 Å². The Morgan fingerprint density at radius 2 is 2.07 bits per heavy atom. The number of hydrogen-bond acceptors (Lipinski definition) is 5. The topological polar surface area (TPSA) is 104 Å². The molecular weight excluding hydrogens is 358 g/mol. The van der Waals surface area contributed by atoms with E-state index in [2.05, 4.69) is 18.8 Å². The highest BCUT2D eigenvalue weighted by molar-refractivity contribution is 5.82. The van der Waals surface area contributed by atoms with E-state index in [1.165, 1.54) is 4.57 Å². The number of aromatic amines is 1. The number of nitrogens with one attached hydrogen (secondary N) is 1. The molecule has 2 rings (SSSR count). The SMILES string of the molecule is CCCCN(CC(=O)N1CCCC(C)C1)c1c(N)n(CC(C)C)c(=O)[nH]c1=O. The van der Waals surface area contributed by atoms with Crippen molar-refractivity contribution in [2.75, 3.05) is 36.8 Å². The Morgan fingerprint density at radius 3 is 2.68 bits per heavy atom. The Hall–Kier alpha value is -2.25. The van der Waals surface area contributed by atoms with Crippen LogP contribution in [-0.2, 0) is 11.3 Å². The van der Waals surface area contributed by atoms with Gasteiger partial charge in [0, 0.05) is 26.2 Å². The lowest BCUT2D eigenvalue weighted by Gasteiger charge is -2.33. The third-order valence-electron chi connectivity index (χ3n) is 5.20. The van der Waals surface area contributed by atoms with Crippen LogP contribution in [0.25, 0.3) is 0 Å². The summed E-state index contributed by atoms with van der Waals surface area (Å²) in [6, 6.07) is 0. The van der Waals surface area contributed by atoms with Crippen LogP contribution in [0, 0.1) is 11.8 Å². The van der Waals surface area contributed by atoms with Gasteiger partial charge < -0.3 is 15.5 Å². The van der Waals surface area contributed by atoms with Gasteiger partial charge in [-0.2, -0.15) is 0 Å². The van der Waals surface area contributed by atoms with Crippen molar-refractivity contribution in [1.82, 2.24) is 14.5 Å². The molecule has 8 heteroatoms. The molecule has 0 bridgehead atoms. The fourth-order valence-corrected chi connectivity index (χ4v) is 3.73. The van der Waals surface area contributed by atoms with Gasteiger partial charge in [-0.05, 0) is 31.1 Å². The molecular formula is C20H35N5O3. The van der Waals surface area contributed by atoms with Gasteiger partial charge in [0.05, 0.1) is 6.54 Å². The second kappa shape index (κ2) is 9.80. The molecule has 1 amide bonds. The molecule has 0 saturated carbocycles. The van der Waals surface area contributed by atoms with Gasteiger partial charge in [0.15, 0.2) is 0 Å². The van der Waals surface area contributed by atoms with Crippen LogP contribution in [0.2, 0.25) is 0 Å². The van der Waals surface area contributed by atoms with Crippen molar-refractivity contribution in [3.63, 3.8) is 0 Å². The molecule has 3 N–H and O–H groups in total. The minimum absolute atomic E-state index is 0.00284. The molecule has 0 spiro atoms.